The molecule has 41 heavy (non-hydrogen) atoms. The smallest absolute Gasteiger partial charge is 0.413 e. The summed E-state index contributed by atoms with van der Waals surface area (Å²) in [5, 5.41) is 13.2. The van der Waals surface area contributed by atoms with Gasteiger partial charge in [-0.2, -0.15) is 0 Å². The first-order valence-corrected chi connectivity index (χ1v) is 13.2. The highest BCUT2D eigenvalue weighted by Gasteiger charge is 2.34. The molecule has 0 spiro atoms. The minimum atomic E-state index is -0.837. The molecule has 1 saturated heterocycles. The van der Waals surface area contributed by atoms with Gasteiger partial charge in [0.15, 0.2) is 0 Å². The Balaban J connectivity index is 1.59. The van der Waals surface area contributed by atoms with Crippen molar-refractivity contribution in [3.05, 3.63) is 65.7 Å². The Labute approximate surface area is 238 Å². The Bertz CT molecular complexity index is 1290. The topological polar surface area (TPSA) is 158 Å². The molecular formula is C29H35N5O7. The molecule has 0 radical (unpaired) electrons. The number of nitrogens with zero attached hydrogens (tertiary/aromatic N) is 2. The fourth-order valence-electron chi connectivity index (χ4n) is 4.10. The van der Waals surface area contributed by atoms with Crippen LogP contribution in [0.2, 0.25) is 0 Å². The monoisotopic (exact) mass is 565 g/mol. The molecule has 218 valence electrons. The van der Waals surface area contributed by atoms with Gasteiger partial charge in [-0.3, -0.25) is 29.9 Å². The molecule has 1 aliphatic heterocycles. The van der Waals surface area contributed by atoms with Crippen molar-refractivity contribution in [1.29, 1.82) is 5.41 Å². The summed E-state index contributed by atoms with van der Waals surface area (Å²) in [6, 6.07) is 14.5. The first-order valence-electron chi connectivity index (χ1n) is 13.2. The number of rotatable bonds is 9. The first-order chi connectivity index (χ1) is 19.4. The minimum Gasteiger partial charge on any atom is -0.466 e. The summed E-state index contributed by atoms with van der Waals surface area (Å²) in [4.78, 5) is 65.1. The third-order valence-corrected chi connectivity index (χ3v) is 5.95. The van der Waals surface area contributed by atoms with Crippen molar-refractivity contribution < 1.29 is 33.4 Å². The third kappa shape index (κ3) is 8.88. The zero-order valence-electron chi connectivity index (χ0n) is 23.6. The zero-order chi connectivity index (χ0) is 30.2. The van der Waals surface area contributed by atoms with Crippen molar-refractivity contribution in [3.63, 3.8) is 0 Å². The molecule has 12 heteroatoms. The number of carbonyl (C=O) groups is 5. The van der Waals surface area contributed by atoms with Crippen molar-refractivity contribution in [2.24, 2.45) is 0 Å². The number of ether oxygens (including phenoxy) is 2. The molecule has 1 unspecified atom stereocenters. The number of benzene rings is 2. The minimum absolute atomic E-state index is 0.0784. The van der Waals surface area contributed by atoms with Gasteiger partial charge in [0.05, 0.1) is 19.1 Å². The van der Waals surface area contributed by atoms with Gasteiger partial charge in [0.2, 0.25) is 5.91 Å². The SMILES string of the molecule is CCOC(=O)CC(NC(=O)CN1CCN(c2ccc(C(=N)NC(=O)OC(C)(C)C)cc2)C(=O)C1=O)c1ccccc1. The number of anilines is 1. The second-order valence-corrected chi connectivity index (χ2v) is 10.3. The number of nitrogens with one attached hydrogen (secondary N) is 3. The van der Waals surface area contributed by atoms with Gasteiger partial charge in [-0.1, -0.05) is 30.3 Å². The standard InChI is InChI=1S/C29H35N5O7/c1-5-40-24(36)17-22(19-9-7-6-8-10-19)31-23(35)18-33-15-16-34(27(38)26(33)37)21-13-11-20(12-14-21)25(30)32-28(39)41-29(2,3)4/h6-14,22H,5,15-18H2,1-4H3,(H,31,35)(H2,30,32,39). The van der Waals surface area contributed by atoms with Crippen LogP contribution in [0.3, 0.4) is 0 Å². The Morgan fingerprint density at radius 1 is 0.976 bits per heavy atom. The summed E-state index contributed by atoms with van der Waals surface area (Å²) in [5.41, 5.74) is 0.805. The van der Waals surface area contributed by atoms with Gasteiger partial charge < -0.3 is 24.6 Å². The van der Waals surface area contributed by atoms with Crippen LogP contribution >= 0.6 is 0 Å². The molecule has 1 atom stereocenters. The van der Waals surface area contributed by atoms with Crippen LogP contribution in [0.25, 0.3) is 0 Å². The highest BCUT2D eigenvalue weighted by molar-refractivity contribution is 6.41. The Hall–Kier alpha value is -4.74. The summed E-state index contributed by atoms with van der Waals surface area (Å²) >= 11 is 0. The van der Waals surface area contributed by atoms with E-state index in [4.69, 9.17) is 14.9 Å². The highest BCUT2D eigenvalue weighted by atomic mass is 16.6. The van der Waals surface area contributed by atoms with E-state index in [1.807, 2.05) is 6.07 Å². The van der Waals surface area contributed by atoms with E-state index < -0.39 is 41.4 Å². The van der Waals surface area contributed by atoms with Gasteiger partial charge in [0.1, 0.15) is 18.0 Å². The molecule has 2 aromatic rings. The Morgan fingerprint density at radius 2 is 1.63 bits per heavy atom. The van der Waals surface area contributed by atoms with Gasteiger partial charge in [-0.25, -0.2) is 4.79 Å². The second-order valence-electron chi connectivity index (χ2n) is 10.3. The second kappa shape index (κ2) is 13.6. The molecule has 0 saturated carbocycles. The molecule has 1 heterocycles. The predicted molar refractivity (Wildman–Crippen MR) is 150 cm³/mol. The summed E-state index contributed by atoms with van der Waals surface area (Å²) < 4.78 is 10.2. The largest absolute Gasteiger partial charge is 0.466 e. The molecule has 1 aliphatic rings. The summed E-state index contributed by atoms with van der Waals surface area (Å²) in [6.07, 6.45) is -0.839. The average molecular weight is 566 g/mol. The van der Waals surface area contributed by atoms with Crippen molar-refractivity contribution in [2.45, 2.75) is 45.8 Å². The van der Waals surface area contributed by atoms with Crippen molar-refractivity contribution >= 4 is 41.3 Å². The van der Waals surface area contributed by atoms with Gasteiger partial charge in [0, 0.05) is 24.3 Å². The average Bonchev–Trinajstić information content (AvgIpc) is 2.90. The number of carbonyl (C=O) groups excluding carboxylic acids is 5. The lowest BCUT2D eigenvalue weighted by Gasteiger charge is -2.33. The van der Waals surface area contributed by atoms with E-state index in [1.165, 1.54) is 4.90 Å². The van der Waals surface area contributed by atoms with Crippen LogP contribution in [0.1, 0.15) is 51.3 Å². The van der Waals surface area contributed by atoms with E-state index >= 15 is 0 Å². The molecule has 12 nitrogen and oxygen atoms in total. The maximum absolute atomic E-state index is 12.9. The van der Waals surface area contributed by atoms with E-state index in [0.717, 1.165) is 4.90 Å². The lowest BCUT2D eigenvalue weighted by Crippen LogP contribution is -2.56. The van der Waals surface area contributed by atoms with E-state index in [1.54, 1.807) is 76.2 Å². The van der Waals surface area contributed by atoms with Crippen molar-refractivity contribution in [2.75, 3.05) is 31.1 Å². The van der Waals surface area contributed by atoms with Crippen LogP contribution in [-0.2, 0) is 28.7 Å². The van der Waals surface area contributed by atoms with Gasteiger partial charge in [-0.15, -0.1) is 0 Å². The van der Waals surface area contributed by atoms with Crippen LogP contribution in [0, 0.1) is 5.41 Å². The lowest BCUT2D eigenvalue weighted by atomic mass is 10.0. The van der Waals surface area contributed by atoms with E-state index in [0.29, 0.717) is 16.8 Å². The maximum atomic E-state index is 12.9. The number of piperazine rings is 1. The van der Waals surface area contributed by atoms with Crippen LogP contribution in [-0.4, -0.2) is 72.4 Å². The number of amides is 4. The Morgan fingerprint density at radius 3 is 2.24 bits per heavy atom. The fraction of sp³-hybridized carbons (Fsp3) is 0.379. The summed E-state index contributed by atoms with van der Waals surface area (Å²) in [7, 11) is 0. The predicted octanol–water partition coefficient (Wildman–Crippen LogP) is 2.52. The summed E-state index contributed by atoms with van der Waals surface area (Å²) in [6.45, 7) is 6.95. The van der Waals surface area contributed by atoms with Gasteiger partial charge in [0.25, 0.3) is 0 Å². The molecule has 2 aromatic carbocycles. The molecule has 1 fully saturated rings. The quantitative estimate of drug-likeness (QED) is 0.182. The van der Waals surface area contributed by atoms with Gasteiger partial charge >= 0.3 is 23.9 Å². The van der Waals surface area contributed by atoms with Crippen LogP contribution < -0.4 is 15.5 Å². The Kier molecular flexibility index (Phi) is 10.2. The fourth-order valence-corrected chi connectivity index (χ4v) is 4.10. The number of amidine groups is 1. The lowest BCUT2D eigenvalue weighted by molar-refractivity contribution is -0.148. The van der Waals surface area contributed by atoms with Crippen LogP contribution in [0.15, 0.2) is 54.6 Å². The normalized spacial score (nSPS) is 14.2. The molecule has 0 bridgehead atoms. The first kappa shape index (κ1) is 30.8. The molecule has 0 aromatic heterocycles. The van der Waals surface area contributed by atoms with Crippen molar-refractivity contribution in [1.82, 2.24) is 15.5 Å². The highest BCUT2D eigenvalue weighted by Crippen LogP contribution is 2.20. The van der Waals surface area contributed by atoms with E-state index in [2.05, 4.69) is 10.6 Å². The van der Waals surface area contributed by atoms with Crippen LogP contribution in [0.5, 0.6) is 0 Å². The number of hydrogen-bond donors (Lipinski definition) is 3. The molecule has 0 aliphatic carbocycles. The number of alkyl carbamates (subject to hydrolysis) is 1. The van der Waals surface area contributed by atoms with Crippen molar-refractivity contribution in [3.8, 4) is 0 Å². The third-order valence-electron chi connectivity index (χ3n) is 5.95. The molecule has 3 rings (SSSR count). The summed E-state index contributed by atoms with van der Waals surface area (Å²) in [5.74, 6) is -2.80. The maximum Gasteiger partial charge on any atom is 0.413 e. The van der Waals surface area contributed by atoms with Crippen LogP contribution in [0.4, 0.5) is 10.5 Å². The molecule has 4 amide bonds. The van der Waals surface area contributed by atoms with E-state index in [9.17, 15) is 24.0 Å². The number of hydrogen-bond acceptors (Lipinski definition) is 8. The van der Waals surface area contributed by atoms with E-state index in [-0.39, 0.29) is 38.5 Å². The van der Waals surface area contributed by atoms with Gasteiger partial charge in [-0.05, 0) is 57.5 Å². The molecular weight excluding hydrogens is 530 g/mol. The zero-order valence-corrected chi connectivity index (χ0v) is 23.6. The number of esters is 1. The molecule has 3 N–H and O–H groups in total.